The van der Waals surface area contributed by atoms with E-state index < -0.39 is 21.5 Å². The van der Waals surface area contributed by atoms with Crippen LogP contribution < -0.4 is 4.74 Å². The molecule has 176 valence electrons. The Morgan fingerprint density at radius 3 is 2.34 bits per heavy atom. The van der Waals surface area contributed by atoms with E-state index in [1.54, 1.807) is 24.3 Å². The first kappa shape index (κ1) is 24.6. The third-order valence-corrected chi connectivity index (χ3v) is 7.61. The normalized spacial score (nSPS) is 22.2. The maximum absolute atomic E-state index is 12.6. The highest BCUT2D eigenvalue weighted by Crippen LogP contribution is 2.61. The molecule has 1 saturated heterocycles. The Morgan fingerprint density at radius 1 is 1.09 bits per heavy atom. The first-order chi connectivity index (χ1) is 15.0. The Bertz CT molecular complexity index is 895. The molecule has 2 aromatic rings. The van der Waals surface area contributed by atoms with Gasteiger partial charge in [0.05, 0.1) is 12.3 Å². The third kappa shape index (κ3) is 5.84. The molecule has 3 rings (SSSR count). The van der Waals surface area contributed by atoms with Crippen molar-refractivity contribution in [2.75, 3.05) is 18.8 Å². The predicted octanol–water partition coefficient (Wildman–Crippen LogP) is 5.63. The molecular weight excluding hydrogens is 426 g/mol. The molecule has 6 nitrogen and oxygen atoms in total. The Morgan fingerprint density at radius 2 is 1.75 bits per heavy atom. The van der Waals surface area contributed by atoms with Crippen LogP contribution in [0.1, 0.15) is 51.7 Å². The van der Waals surface area contributed by atoms with Crippen LogP contribution in [0.2, 0.25) is 0 Å². The van der Waals surface area contributed by atoms with Gasteiger partial charge in [-0.2, -0.15) is 10.6 Å². The summed E-state index contributed by atoms with van der Waals surface area (Å²) in [5.41, 5.74) is 1.34. The standard InChI is InChI=1S/C25H35NO5S/c1-5-9-23(27)31-25(21-12-14-22(15-13-21)30-24(2,3)4)19-26(16-17-32(25,28)29)18-20-10-7-6-8-11-20/h6-8,10-15,28-29H,5,9,16-19H2,1-4H3. The minimum atomic E-state index is -3.25. The molecule has 1 atom stereocenters. The summed E-state index contributed by atoms with van der Waals surface area (Å²) in [5.74, 6) is 0.383. The molecule has 0 saturated carbocycles. The van der Waals surface area contributed by atoms with Gasteiger partial charge >= 0.3 is 5.97 Å². The second-order valence-corrected chi connectivity index (χ2v) is 11.7. The van der Waals surface area contributed by atoms with Crippen molar-refractivity contribution in [3.8, 4) is 5.75 Å². The van der Waals surface area contributed by atoms with Crippen molar-refractivity contribution in [1.82, 2.24) is 4.90 Å². The van der Waals surface area contributed by atoms with Crippen molar-refractivity contribution >= 4 is 16.6 Å². The Hall–Kier alpha value is -2.06. The summed E-state index contributed by atoms with van der Waals surface area (Å²) in [6.07, 6.45) is 0.849. The van der Waals surface area contributed by atoms with Crippen molar-refractivity contribution in [1.29, 1.82) is 0 Å². The van der Waals surface area contributed by atoms with Gasteiger partial charge in [-0.3, -0.25) is 18.8 Å². The van der Waals surface area contributed by atoms with Crippen LogP contribution in [0.4, 0.5) is 0 Å². The van der Waals surface area contributed by atoms with E-state index in [0.29, 0.717) is 30.8 Å². The van der Waals surface area contributed by atoms with Gasteiger partial charge in [0.2, 0.25) is 4.93 Å². The smallest absolute Gasteiger partial charge is 0.308 e. The average molecular weight is 462 g/mol. The van der Waals surface area contributed by atoms with Crippen LogP contribution in [0.3, 0.4) is 0 Å². The zero-order chi connectivity index (χ0) is 23.4. The van der Waals surface area contributed by atoms with Crippen LogP contribution in [0.15, 0.2) is 54.6 Å². The fourth-order valence-electron chi connectivity index (χ4n) is 3.88. The van der Waals surface area contributed by atoms with E-state index in [9.17, 15) is 13.9 Å². The first-order valence-electron chi connectivity index (χ1n) is 11.1. The van der Waals surface area contributed by atoms with Gasteiger partial charge in [0.1, 0.15) is 11.4 Å². The van der Waals surface area contributed by atoms with E-state index in [-0.39, 0.29) is 24.3 Å². The highest BCUT2D eigenvalue weighted by molar-refractivity contribution is 8.25. The van der Waals surface area contributed by atoms with Crippen molar-refractivity contribution in [3.05, 3.63) is 65.7 Å². The van der Waals surface area contributed by atoms with Crippen molar-refractivity contribution in [2.24, 2.45) is 0 Å². The molecule has 1 unspecified atom stereocenters. The number of carbonyl (C=O) groups is 1. The highest BCUT2D eigenvalue weighted by Gasteiger charge is 2.52. The SMILES string of the molecule is CCCC(=O)OC1(c2ccc(OC(C)(C)C)cc2)CN(Cc2ccccc2)CCS1(O)O. The lowest BCUT2D eigenvalue weighted by Crippen LogP contribution is -2.53. The maximum atomic E-state index is 12.6. The van der Waals surface area contributed by atoms with Gasteiger partial charge in [-0.25, -0.2) is 0 Å². The number of ether oxygens (including phenoxy) is 2. The summed E-state index contributed by atoms with van der Waals surface area (Å²) >= 11 is 0. The Labute approximate surface area is 192 Å². The van der Waals surface area contributed by atoms with Crippen LogP contribution in [-0.2, 0) is 21.0 Å². The zero-order valence-electron chi connectivity index (χ0n) is 19.4. The lowest BCUT2D eigenvalue weighted by molar-refractivity contribution is -0.155. The second-order valence-electron chi connectivity index (χ2n) is 9.28. The number of hydrogen-bond acceptors (Lipinski definition) is 6. The van der Waals surface area contributed by atoms with Crippen LogP contribution in [0.25, 0.3) is 0 Å². The molecule has 0 spiro atoms. The summed E-state index contributed by atoms with van der Waals surface area (Å²) < 4.78 is 34.3. The molecular formula is C25H35NO5S. The predicted molar refractivity (Wildman–Crippen MR) is 129 cm³/mol. The van der Waals surface area contributed by atoms with E-state index in [1.807, 2.05) is 58.0 Å². The number of rotatable bonds is 7. The second kappa shape index (κ2) is 9.83. The molecule has 0 amide bonds. The Kier molecular flexibility index (Phi) is 7.55. The molecule has 1 aliphatic rings. The van der Waals surface area contributed by atoms with Crippen LogP contribution >= 0.6 is 10.6 Å². The quantitative estimate of drug-likeness (QED) is 0.521. The van der Waals surface area contributed by atoms with E-state index in [1.165, 1.54) is 0 Å². The van der Waals surface area contributed by atoms with E-state index in [4.69, 9.17) is 9.47 Å². The van der Waals surface area contributed by atoms with Gasteiger partial charge in [-0.15, -0.1) is 0 Å². The minimum absolute atomic E-state index is 0.138. The maximum Gasteiger partial charge on any atom is 0.308 e. The molecule has 0 radical (unpaired) electrons. The molecule has 1 fully saturated rings. The lowest BCUT2D eigenvalue weighted by atomic mass is 10.1. The molecule has 32 heavy (non-hydrogen) atoms. The first-order valence-corrected chi connectivity index (χ1v) is 12.8. The molecule has 0 aliphatic carbocycles. The highest BCUT2D eigenvalue weighted by atomic mass is 32.3. The fraction of sp³-hybridized carbons (Fsp3) is 0.480. The zero-order valence-corrected chi connectivity index (χ0v) is 20.2. The van der Waals surface area contributed by atoms with Crippen molar-refractivity contribution in [2.45, 2.75) is 57.6 Å². The number of nitrogens with zero attached hydrogens (tertiary/aromatic N) is 1. The van der Waals surface area contributed by atoms with Gasteiger partial charge in [0, 0.05) is 25.1 Å². The van der Waals surface area contributed by atoms with Gasteiger partial charge in [-0.05, 0) is 57.0 Å². The van der Waals surface area contributed by atoms with Gasteiger partial charge in [0.15, 0.2) is 0 Å². The van der Waals surface area contributed by atoms with Crippen molar-refractivity contribution < 1.29 is 23.4 Å². The van der Waals surface area contributed by atoms with E-state index >= 15 is 0 Å². The van der Waals surface area contributed by atoms with E-state index in [0.717, 1.165) is 5.56 Å². The average Bonchev–Trinajstić information content (AvgIpc) is 2.71. The topological polar surface area (TPSA) is 79.2 Å². The summed E-state index contributed by atoms with van der Waals surface area (Å²) in [4.78, 5) is 13.2. The number of hydrogen-bond donors (Lipinski definition) is 2. The molecule has 7 heteroatoms. The molecule has 0 aromatic heterocycles. The summed E-state index contributed by atoms with van der Waals surface area (Å²) in [6, 6.07) is 17.1. The number of carbonyl (C=O) groups excluding carboxylic acids is 1. The third-order valence-electron chi connectivity index (χ3n) is 5.35. The fourth-order valence-corrected chi connectivity index (χ4v) is 5.85. The molecule has 1 heterocycles. The monoisotopic (exact) mass is 461 g/mol. The molecule has 1 aliphatic heterocycles. The largest absolute Gasteiger partial charge is 0.488 e. The van der Waals surface area contributed by atoms with Crippen LogP contribution in [0, 0.1) is 0 Å². The van der Waals surface area contributed by atoms with Gasteiger partial charge in [-0.1, -0.05) is 37.3 Å². The van der Waals surface area contributed by atoms with Gasteiger partial charge in [0.25, 0.3) is 0 Å². The molecule has 0 bridgehead atoms. The number of esters is 1. The lowest BCUT2D eigenvalue weighted by Gasteiger charge is -2.55. The van der Waals surface area contributed by atoms with Crippen LogP contribution in [0.5, 0.6) is 5.75 Å². The Balaban J connectivity index is 1.96. The van der Waals surface area contributed by atoms with E-state index in [2.05, 4.69) is 4.90 Å². The minimum Gasteiger partial charge on any atom is -0.488 e. The summed E-state index contributed by atoms with van der Waals surface area (Å²) in [5, 5.41) is 0. The summed E-state index contributed by atoms with van der Waals surface area (Å²) in [7, 11) is -3.25. The van der Waals surface area contributed by atoms with Crippen molar-refractivity contribution in [3.63, 3.8) is 0 Å². The van der Waals surface area contributed by atoms with Crippen LogP contribution in [-0.4, -0.2) is 44.4 Å². The number of benzene rings is 2. The van der Waals surface area contributed by atoms with Gasteiger partial charge < -0.3 is 9.47 Å². The molecule has 2 aromatic carbocycles. The summed E-state index contributed by atoms with van der Waals surface area (Å²) in [6.45, 7) is 9.15. The molecule has 2 N–H and O–H groups in total.